The number of hydrogen-bond acceptors (Lipinski definition) is 6. The number of nitrogens with one attached hydrogen (secondary N) is 4. The maximum Gasteiger partial charge on any atom is 0.214 e. The Morgan fingerprint density at radius 2 is 1.84 bits per heavy atom. The third kappa shape index (κ3) is 4.75. The molecule has 8 heteroatoms. The van der Waals surface area contributed by atoms with E-state index in [9.17, 15) is 4.39 Å². The quantitative estimate of drug-likeness (QED) is 0.406. The van der Waals surface area contributed by atoms with Gasteiger partial charge in [0.25, 0.3) is 0 Å². The molecule has 1 aromatic heterocycles. The molecule has 0 saturated carbocycles. The standard InChI is InChI=1S/C23H25FN6O/c1-16(26-17-11-13-31-14-12-17)27-22-21(15-25)29-23(28-20-10-6-5-9-19(20)24)30(22)18-7-3-2-4-8-18/h2-10,15,17,25-27H,1,11-14H2,(H,28,29). The maximum absolute atomic E-state index is 14.3. The van der Waals surface area contributed by atoms with Crippen molar-refractivity contribution in [2.45, 2.75) is 18.9 Å². The highest BCUT2D eigenvalue weighted by atomic mass is 19.1. The lowest BCUT2D eigenvalue weighted by atomic mass is 10.1. The van der Waals surface area contributed by atoms with Gasteiger partial charge in [-0.3, -0.25) is 4.57 Å². The average Bonchev–Trinajstić information content (AvgIpc) is 3.13. The minimum atomic E-state index is -0.387. The van der Waals surface area contributed by atoms with Crippen LogP contribution in [0.3, 0.4) is 0 Å². The van der Waals surface area contributed by atoms with Crippen molar-refractivity contribution >= 4 is 23.7 Å². The molecule has 2 heterocycles. The molecule has 4 N–H and O–H groups in total. The third-order valence-corrected chi connectivity index (χ3v) is 5.04. The molecule has 7 nitrogen and oxygen atoms in total. The molecule has 1 saturated heterocycles. The first-order chi connectivity index (χ1) is 15.2. The van der Waals surface area contributed by atoms with Crippen molar-refractivity contribution < 1.29 is 9.13 Å². The highest BCUT2D eigenvalue weighted by Crippen LogP contribution is 2.29. The lowest BCUT2D eigenvalue weighted by molar-refractivity contribution is 0.0805. The molecule has 2 aromatic carbocycles. The summed E-state index contributed by atoms with van der Waals surface area (Å²) < 4.78 is 21.5. The lowest BCUT2D eigenvalue weighted by Gasteiger charge is -2.26. The van der Waals surface area contributed by atoms with Gasteiger partial charge in [0.15, 0.2) is 0 Å². The summed E-state index contributed by atoms with van der Waals surface area (Å²) in [5.41, 5.74) is 1.51. The second kappa shape index (κ2) is 9.44. The topological polar surface area (TPSA) is 87.0 Å². The van der Waals surface area contributed by atoms with Crippen molar-refractivity contribution in [1.29, 1.82) is 5.41 Å². The van der Waals surface area contributed by atoms with Crippen molar-refractivity contribution in [3.8, 4) is 5.69 Å². The summed E-state index contributed by atoms with van der Waals surface area (Å²) in [6, 6.07) is 16.2. The van der Waals surface area contributed by atoms with Crippen LogP contribution in [0.1, 0.15) is 18.5 Å². The van der Waals surface area contributed by atoms with E-state index in [1.807, 2.05) is 34.9 Å². The number of rotatable bonds is 8. The Morgan fingerprint density at radius 3 is 2.55 bits per heavy atom. The number of ether oxygens (including phenoxy) is 1. The number of para-hydroxylation sites is 2. The molecule has 1 fully saturated rings. The van der Waals surface area contributed by atoms with Crippen molar-refractivity contribution in [2.75, 3.05) is 23.8 Å². The number of hydrogen-bond donors (Lipinski definition) is 4. The first-order valence-corrected chi connectivity index (χ1v) is 10.2. The van der Waals surface area contributed by atoms with Crippen LogP contribution in [-0.2, 0) is 4.74 Å². The van der Waals surface area contributed by atoms with E-state index in [2.05, 4.69) is 27.5 Å². The summed E-state index contributed by atoms with van der Waals surface area (Å²) in [7, 11) is 0. The van der Waals surface area contributed by atoms with Gasteiger partial charge in [0.2, 0.25) is 5.95 Å². The minimum Gasteiger partial charge on any atom is -0.381 e. The molecule has 0 amide bonds. The minimum absolute atomic E-state index is 0.265. The molecule has 0 unspecified atom stereocenters. The Hall–Kier alpha value is -3.65. The maximum atomic E-state index is 14.3. The van der Waals surface area contributed by atoms with Gasteiger partial charge >= 0.3 is 0 Å². The first-order valence-electron chi connectivity index (χ1n) is 10.2. The van der Waals surface area contributed by atoms with Gasteiger partial charge in [-0.25, -0.2) is 9.37 Å². The van der Waals surface area contributed by atoms with Gasteiger partial charge in [-0.2, -0.15) is 0 Å². The van der Waals surface area contributed by atoms with Gasteiger partial charge in [0.05, 0.1) is 17.2 Å². The van der Waals surface area contributed by atoms with E-state index >= 15 is 0 Å². The zero-order valence-corrected chi connectivity index (χ0v) is 17.1. The summed E-state index contributed by atoms with van der Waals surface area (Å²) in [6.07, 6.45) is 2.96. The number of nitrogens with zero attached hydrogens (tertiary/aromatic N) is 2. The van der Waals surface area contributed by atoms with Gasteiger partial charge in [0, 0.05) is 25.5 Å². The van der Waals surface area contributed by atoms with E-state index in [1.54, 1.807) is 18.2 Å². The summed E-state index contributed by atoms with van der Waals surface area (Å²) in [5, 5.41) is 17.6. The molecule has 0 bridgehead atoms. The zero-order valence-electron chi connectivity index (χ0n) is 17.1. The SMILES string of the molecule is C=C(Nc1c(C=N)nc(Nc2ccccc2F)n1-c1ccccc1)NC1CCOCC1. The molecule has 4 rings (SSSR count). The highest BCUT2D eigenvalue weighted by Gasteiger charge is 2.20. The largest absolute Gasteiger partial charge is 0.381 e. The predicted molar refractivity (Wildman–Crippen MR) is 121 cm³/mol. The smallest absolute Gasteiger partial charge is 0.214 e. The van der Waals surface area contributed by atoms with E-state index in [1.165, 1.54) is 6.07 Å². The number of anilines is 3. The van der Waals surface area contributed by atoms with Crippen LogP contribution in [0.25, 0.3) is 5.69 Å². The van der Waals surface area contributed by atoms with Crippen LogP contribution in [-0.4, -0.2) is 35.0 Å². The van der Waals surface area contributed by atoms with Gasteiger partial charge in [0.1, 0.15) is 17.3 Å². The van der Waals surface area contributed by atoms with Gasteiger partial charge in [-0.05, 0) is 37.1 Å². The van der Waals surface area contributed by atoms with Crippen molar-refractivity contribution in [1.82, 2.24) is 14.9 Å². The fourth-order valence-corrected chi connectivity index (χ4v) is 3.52. The van der Waals surface area contributed by atoms with E-state index in [0.29, 0.717) is 29.0 Å². The number of benzene rings is 2. The van der Waals surface area contributed by atoms with E-state index in [4.69, 9.17) is 10.1 Å². The second-order valence-corrected chi connectivity index (χ2v) is 7.22. The molecule has 1 aliphatic heterocycles. The van der Waals surface area contributed by atoms with Gasteiger partial charge < -0.3 is 26.1 Å². The average molecular weight is 420 g/mol. The van der Waals surface area contributed by atoms with Crippen LogP contribution in [0.2, 0.25) is 0 Å². The van der Waals surface area contributed by atoms with Crippen LogP contribution in [0.4, 0.5) is 21.8 Å². The van der Waals surface area contributed by atoms with Crippen molar-refractivity contribution in [3.05, 3.63) is 78.5 Å². The summed E-state index contributed by atoms with van der Waals surface area (Å²) >= 11 is 0. The molecule has 3 aromatic rings. The Bertz CT molecular complexity index is 1060. The zero-order chi connectivity index (χ0) is 21.6. The molecule has 1 aliphatic rings. The highest BCUT2D eigenvalue weighted by molar-refractivity contribution is 5.85. The van der Waals surface area contributed by atoms with Crippen molar-refractivity contribution in [2.24, 2.45) is 0 Å². The molecular weight excluding hydrogens is 395 g/mol. The first kappa shape index (κ1) is 20.6. The van der Waals surface area contributed by atoms with Crippen LogP contribution in [0.15, 0.2) is 67.0 Å². The fourth-order valence-electron chi connectivity index (χ4n) is 3.52. The van der Waals surface area contributed by atoms with Crippen molar-refractivity contribution in [3.63, 3.8) is 0 Å². The van der Waals surface area contributed by atoms with Gasteiger partial charge in [-0.1, -0.05) is 36.9 Å². The normalized spacial score (nSPS) is 14.1. The summed E-state index contributed by atoms with van der Waals surface area (Å²) in [6.45, 7) is 5.54. The van der Waals surface area contributed by atoms with Crippen LogP contribution in [0.5, 0.6) is 0 Å². The molecule has 160 valence electrons. The number of imidazole rings is 1. The lowest BCUT2D eigenvalue weighted by Crippen LogP contribution is -2.36. The molecule has 31 heavy (non-hydrogen) atoms. The molecular formula is C23H25FN6O. The molecule has 0 spiro atoms. The molecule has 0 aliphatic carbocycles. The van der Waals surface area contributed by atoms with E-state index in [-0.39, 0.29) is 11.9 Å². The fraction of sp³-hybridized carbons (Fsp3) is 0.217. The van der Waals surface area contributed by atoms with Gasteiger partial charge in [-0.15, -0.1) is 0 Å². The third-order valence-electron chi connectivity index (χ3n) is 5.04. The molecule has 0 atom stereocenters. The Kier molecular flexibility index (Phi) is 6.28. The summed E-state index contributed by atoms with van der Waals surface area (Å²) in [5.74, 6) is 1.16. The second-order valence-electron chi connectivity index (χ2n) is 7.22. The predicted octanol–water partition coefficient (Wildman–Crippen LogP) is 4.40. The Balaban J connectivity index is 1.69. The number of halogens is 1. The molecule has 0 radical (unpaired) electrons. The Morgan fingerprint density at radius 1 is 1.13 bits per heavy atom. The number of aromatic nitrogens is 2. The Labute approximate surface area is 180 Å². The van der Waals surface area contributed by atoms with E-state index in [0.717, 1.165) is 38.0 Å². The van der Waals surface area contributed by atoms with Crippen LogP contribution < -0.4 is 16.0 Å². The van der Waals surface area contributed by atoms with Crippen LogP contribution in [0, 0.1) is 11.2 Å². The van der Waals surface area contributed by atoms with Crippen LogP contribution >= 0.6 is 0 Å². The monoisotopic (exact) mass is 420 g/mol. The van der Waals surface area contributed by atoms with E-state index < -0.39 is 0 Å². The summed E-state index contributed by atoms with van der Waals surface area (Å²) in [4.78, 5) is 4.53.